The molecule has 2 unspecified atom stereocenters. The molecule has 1 saturated heterocycles. The molecule has 40 heavy (non-hydrogen) atoms. The molecule has 11 heteroatoms. The molecule has 0 bridgehead atoms. The molecule has 3 aromatic heterocycles. The molecule has 0 saturated carbocycles. The summed E-state index contributed by atoms with van der Waals surface area (Å²) in [5.74, 6) is 1.34. The van der Waals surface area contributed by atoms with Gasteiger partial charge in [-0.2, -0.15) is 0 Å². The highest BCUT2D eigenvalue weighted by Gasteiger charge is 2.49. The lowest BCUT2D eigenvalue weighted by Crippen LogP contribution is -2.61. The first-order valence-electron chi connectivity index (χ1n) is 13.5. The highest BCUT2D eigenvalue weighted by atomic mass is 35.5. The van der Waals surface area contributed by atoms with Crippen LogP contribution in [0.4, 0.5) is 11.6 Å². The fourth-order valence-corrected chi connectivity index (χ4v) is 8.08. The van der Waals surface area contributed by atoms with Crippen LogP contribution >= 0.6 is 23.4 Å². The zero-order valence-electron chi connectivity index (χ0n) is 23.1. The molecule has 210 valence electrons. The number of nitrogens with one attached hydrogen (secondary N) is 1. The van der Waals surface area contributed by atoms with E-state index in [1.54, 1.807) is 12.5 Å². The van der Waals surface area contributed by atoms with E-state index in [1.165, 1.54) is 22.9 Å². The molecule has 1 spiro atoms. The Morgan fingerprint density at radius 3 is 2.62 bits per heavy atom. The first-order valence-corrected chi connectivity index (χ1v) is 15.8. The fraction of sp³-hybridized carbons (Fsp3) is 0.414. The van der Waals surface area contributed by atoms with Crippen molar-refractivity contribution in [2.45, 2.75) is 67.5 Å². The van der Waals surface area contributed by atoms with Crippen LogP contribution in [0.5, 0.6) is 0 Å². The summed E-state index contributed by atoms with van der Waals surface area (Å²) < 4.78 is 18.7. The number of aromatic nitrogens is 4. The quantitative estimate of drug-likeness (QED) is 0.302. The van der Waals surface area contributed by atoms with E-state index < -0.39 is 11.4 Å². The second-order valence-corrected chi connectivity index (χ2v) is 15.3. The zero-order chi connectivity index (χ0) is 28.2. The van der Waals surface area contributed by atoms with Gasteiger partial charge in [0.15, 0.2) is 5.65 Å². The van der Waals surface area contributed by atoms with E-state index in [2.05, 4.69) is 62.1 Å². The van der Waals surface area contributed by atoms with E-state index in [0.29, 0.717) is 10.8 Å². The monoisotopic (exact) mass is 595 g/mol. The van der Waals surface area contributed by atoms with Crippen LogP contribution < -0.4 is 15.4 Å². The van der Waals surface area contributed by atoms with Crippen LogP contribution in [0.25, 0.3) is 5.65 Å². The number of hydrogen-bond donors (Lipinski definition) is 2. The van der Waals surface area contributed by atoms with Gasteiger partial charge in [-0.15, -0.1) is 14.9 Å². The number of piperidine rings is 1. The number of fused-ring (bicyclic) bond motifs is 2. The van der Waals surface area contributed by atoms with Crippen LogP contribution in [0.3, 0.4) is 0 Å². The second-order valence-electron chi connectivity index (χ2n) is 11.9. The van der Waals surface area contributed by atoms with Gasteiger partial charge in [-0.25, -0.2) is 4.98 Å². The fourth-order valence-electron chi connectivity index (χ4n) is 5.92. The third kappa shape index (κ3) is 4.94. The Morgan fingerprint density at radius 2 is 1.93 bits per heavy atom. The van der Waals surface area contributed by atoms with Gasteiger partial charge in [0.1, 0.15) is 22.7 Å². The van der Waals surface area contributed by atoms with Crippen LogP contribution in [-0.2, 0) is 24.2 Å². The van der Waals surface area contributed by atoms with Crippen molar-refractivity contribution in [3.8, 4) is 0 Å². The maximum atomic E-state index is 13.4. The summed E-state index contributed by atoms with van der Waals surface area (Å²) in [6.07, 6.45) is 6.42. The standard InChI is InChI=1S/C29H34ClN7OS2/c1-18-13-23(37-17-33-34-27(37)25(18)39-21-9-11-32-26(31)24(21)30)36-12-10-29(14-19-7-5-6-8-20(19)15-29)22(16-36)35-40(38)28(2,3)4/h5-9,11,13,17,22,35H,10,12,14-16H2,1-4H3,(H2,31,32). The Kier molecular flexibility index (Phi) is 7.19. The van der Waals surface area contributed by atoms with Gasteiger partial charge >= 0.3 is 0 Å². The minimum Gasteiger partial charge on any atom is -0.598 e. The van der Waals surface area contributed by atoms with Crippen molar-refractivity contribution in [3.05, 3.63) is 70.6 Å². The predicted molar refractivity (Wildman–Crippen MR) is 163 cm³/mol. The number of nitrogens with two attached hydrogens (primary N) is 1. The summed E-state index contributed by atoms with van der Waals surface area (Å²) in [6, 6.07) is 12.8. The predicted octanol–water partition coefficient (Wildman–Crippen LogP) is 5.24. The van der Waals surface area contributed by atoms with Gasteiger partial charge in [0.05, 0.1) is 16.0 Å². The van der Waals surface area contributed by atoms with Crippen molar-refractivity contribution in [2.24, 2.45) is 5.41 Å². The lowest BCUT2D eigenvalue weighted by atomic mass is 9.72. The summed E-state index contributed by atoms with van der Waals surface area (Å²) in [4.78, 5) is 8.26. The third-order valence-corrected chi connectivity index (χ3v) is 11.5. The van der Waals surface area contributed by atoms with E-state index in [1.807, 2.05) is 31.2 Å². The van der Waals surface area contributed by atoms with Crippen LogP contribution in [0, 0.1) is 12.3 Å². The number of anilines is 2. The molecular formula is C29H34ClN7OS2. The van der Waals surface area contributed by atoms with Crippen LogP contribution in [0.1, 0.15) is 43.9 Å². The van der Waals surface area contributed by atoms with E-state index in [0.717, 1.165) is 59.2 Å². The minimum atomic E-state index is -1.19. The molecule has 4 aromatic rings. The van der Waals surface area contributed by atoms with Crippen molar-refractivity contribution in [3.63, 3.8) is 0 Å². The molecule has 8 nitrogen and oxygen atoms in total. The summed E-state index contributed by atoms with van der Waals surface area (Å²) in [6.45, 7) is 9.78. The van der Waals surface area contributed by atoms with Crippen molar-refractivity contribution in [1.29, 1.82) is 0 Å². The van der Waals surface area contributed by atoms with Crippen LogP contribution in [0.15, 0.2) is 58.7 Å². The number of hydrogen-bond acceptors (Lipinski definition) is 8. The first kappa shape index (κ1) is 27.7. The molecule has 2 atom stereocenters. The smallest absolute Gasteiger partial charge is 0.176 e. The molecule has 4 heterocycles. The number of aryl methyl sites for hydroxylation is 1. The molecule has 1 aliphatic heterocycles. The van der Waals surface area contributed by atoms with Crippen molar-refractivity contribution in [1.82, 2.24) is 24.3 Å². The summed E-state index contributed by atoms with van der Waals surface area (Å²) in [5, 5.41) is 9.21. The van der Waals surface area contributed by atoms with Crippen molar-refractivity contribution in [2.75, 3.05) is 23.7 Å². The van der Waals surface area contributed by atoms with E-state index >= 15 is 0 Å². The first-order chi connectivity index (χ1) is 19.1. The Bertz CT molecular complexity index is 1550. The maximum Gasteiger partial charge on any atom is 0.176 e. The number of rotatable bonds is 5. The maximum absolute atomic E-state index is 13.4. The number of pyridine rings is 2. The number of halogens is 1. The lowest BCUT2D eigenvalue weighted by molar-refractivity contribution is 0.180. The average Bonchev–Trinajstić information content (AvgIpc) is 3.54. The molecular weight excluding hydrogens is 562 g/mol. The van der Waals surface area contributed by atoms with Gasteiger partial charge in [0.2, 0.25) is 0 Å². The minimum absolute atomic E-state index is 0.0241. The lowest BCUT2D eigenvalue weighted by Gasteiger charge is -2.47. The Balaban J connectivity index is 1.34. The Hall–Kier alpha value is -2.50. The van der Waals surface area contributed by atoms with Gasteiger partial charge in [-0.1, -0.05) is 47.6 Å². The van der Waals surface area contributed by atoms with Crippen molar-refractivity contribution < 1.29 is 4.55 Å². The molecule has 0 amide bonds. The Morgan fingerprint density at radius 1 is 1.20 bits per heavy atom. The van der Waals surface area contributed by atoms with Gasteiger partial charge in [-0.05, 0) is 75.8 Å². The van der Waals surface area contributed by atoms with Crippen molar-refractivity contribution >= 4 is 52.0 Å². The zero-order valence-corrected chi connectivity index (χ0v) is 25.5. The molecule has 1 fully saturated rings. The SMILES string of the molecule is Cc1cc(N2CCC3(Cc4ccccc4C3)C(N[S+]([O-])C(C)(C)C)C2)n2cnnc2c1Sc1ccnc(N)c1Cl. The summed E-state index contributed by atoms with van der Waals surface area (Å²) in [5.41, 5.74) is 10.6. The molecule has 1 aromatic carbocycles. The number of nitrogen functional groups attached to an aromatic ring is 1. The normalized spacial score (nSPS) is 19.4. The van der Waals surface area contributed by atoms with Gasteiger partial charge in [0.25, 0.3) is 0 Å². The van der Waals surface area contributed by atoms with Gasteiger partial charge < -0.3 is 15.2 Å². The molecule has 0 radical (unpaired) electrons. The van der Waals surface area contributed by atoms with Gasteiger partial charge in [0, 0.05) is 41.0 Å². The summed E-state index contributed by atoms with van der Waals surface area (Å²) in [7, 11) is 0. The average molecular weight is 596 g/mol. The number of nitrogens with zero attached hydrogens (tertiary/aromatic N) is 5. The summed E-state index contributed by atoms with van der Waals surface area (Å²) >= 11 is 6.80. The molecule has 2 aliphatic rings. The second kappa shape index (κ2) is 10.4. The Labute approximate surface area is 247 Å². The molecule has 3 N–H and O–H groups in total. The highest BCUT2D eigenvalue weighted by molar-refractivity contribution is 7.99. The van der Waals surface area contributed by atoms with E-state index in [9.17, 15) is 4.55 Å². The third-order valence-electron chi connectivity index (χ3n) is 8.15. The molecule has 6 rings (SSSR count). The van der Waals surface area contributed by atoms with Crippen LogP contribution in [-0.4, -0.2) is 48.0 Å². The van der Waals surface area contributed by atoms with E-state index in [-0.39, 0.29) is 16.2 Å². The highest BCUT2D eigenvalue weighted by Crippen LogP contribution is 2.47. The number of benzene rings is 1. The largest absolute Gasteiger partial charge is 0.598 e. The van der Waals surface area contributed by atoms with E-state index in [4.69, 9.17) is 17.3 Å². The van der Waals surface area contributed by atoms with Gasteiger partial charge in [-0.3, -0.25) is 4.40 Å². The molecule has 1 aliphatic carbocycles. The van der Waals surface area contributed by atoms with Crippen LogP contribution in [0.2, 0.25) is 5.02 Å². The topological polar surface area (TPSA) is 107 Å².